The molecular weight excluding hydrogens is 167 g/mol. The Morgan fingerprint density at radius 2 is 2.27 bits per heavy atom. The van der Waals surface area contributed by atoms with Crippen molar-refractivity contribution >= 4 is 22.6 Å². The summed E-state index contributed by atoms with van der Waals surface area (Å²) in [6.07, 6.45) is 1.11. The minimum absolute atomic E-state index is 0.439. The van der Waals surface area contributed by atoms with Crippen molar-refractivity contribution in [2.75, 3.05) is 0 Å². The Hall–Kier alpha value is -1.09. The minimum Gasteiger partial charge on any atom is -0.234 e. The van der Waals surface area contributed by atoms with Crippen molar-refractivity contribution in [3.05, 3.63) is 29.5 Å². The molecule has 0 N–H and O–H groups in total. The van der Waals surface area contributed by atoms with Crippen LogP contribution in [-0.4, -0.2) is 9.77 Å². The van der Waals surface area contributed by atoms with Crippen LogP contribution < -0.4 is 0 Å². The van der Waals surface area contributed by atoms with Crippen LogP contribution in [0.4, 0.5) is 4.48 Å². The fraction of sp³-hybridized carbons (Fsp3) is 0. The molecule has 0 atom stereocenters. The van der Waals surface area contributed by atoms with Crippen LogP contribution in [-0.2, 0) is 0 Å². The number of rotatable bonds is 0. The second kappa shape index (κ2) is 2.20. The first-order valence-electron chi connectivity index (χ1n) is 3.06. The highest BCUT2D eigenvalue weighted by Crippen LogP contribution is 2.17. The molecule has 0 aliphatic rings. The third-order valence-electron chi connectivity index (χ3n) is 1.47. The molecule has 0 aliphatic heterocycles. The van der Waals surface area contributed by atoms with Crippen molar-refractivity contribution < 1.29 is 4.48 Å². The largest absolute Gasteiger partial charge is 0.234 e. The Morgan fingerprint density at radius 3 is 3.09 bits per heavy atom. The van der Waals surface area contributed by atoms with Gasteiger partial charge in [0.25, 0.3) is 0 Å². The number of hydrogen-bond donors (Lipinski definition) is 0. The molecule has 0 aliphatic carbocycles. The molecule has 2 nitrogen and oxygen atoms in total. The van der Waals surface area contributed by atoms with Gasteiger partial charge in [-0.15, -0.1) is 0 Å². The second-order valence-electron chi connectivity index (χ2n) is 2.19. The highest BCUT2D eigenvalue weighted by atomic mass is 35.5. The molecule has 0 unspecified atom stereocenters. The fourth-order valence-electron chi connectivity index (χ4n) is 0.956. The van der Waals surface area contributed by atoms with Crippen LogP contribution >= 0.6 is 11.6 Å². The molecule has 0 amide bonds. The highest BCUT2D eigenvalue weighted by Gasteiger charge is 2.00. The smallest absolute Gasteiger partial charge is 0.127 e. The lowest BCUT2D eigenvalue weighted by atomic mass is 10.3. The molecule has 56 valence electrons. The normalized spacial score (nSPS) is 10.7. The Morgan fingerprint density at radius 1 is 1.45 bits per heavy atom. The van der Waals surface area contributed by atoms with E-state index in [2.05, 4.69) is 4.98 Å². The number of aromatic nitrogens is 2. The van der Waals surface area contributed by atoms with Gasteiger partial charge in [0.2, 0.25) is 0 Å². The molecule has 0 spiro atoms. The van der Waals surface area contributed by atoms with Crippen molar-refractivity contribution in [3.63, 3.8) is 0 Å². The zero-order valence-corrected chi connectivity index (χ0v) is 6.22. The van der Waals surface area contributed by atoms with Crippen LogP contribution in [0.5, 0.6) is 0 Å². The Labute approximate surface area is 67.2 Å². The van der Waals surface area contributed by atoms with Gasteiger partial charge in [-0.1, -0.05) is 16.1 Å². The summed E-state index contributed by atoms with van der Waals surface area (Å²) >= 11 is 5.66. The first kappa shape index (κ1) is 6.61. The van der Waals surface area contributed by atoms with Gasteiger partial charge in [-0.05, 0) is 18.2 Å². The number of halogens is 2. The summed E-state index contributed by atoms with van der Waals surface area (Å²) in [4.78, 5) is 4.25. The van der Waals surface area contributed by atoms with Gasteiger partial charge in [0.15, 0.2) is 0 Å². The van der Waals surface area contributed by atoms with E-state index in [-0.39, 0.29) is 0 Å². The first-order chi connectivity index (χ1) is 5.27. The predicted molar refractivity (Wildman–Crippen MR) is 41.2 cm³/mol. The van der Waals surface area contributed by atoms with E-state index in [4.69, 9.17) is 11.6 Å². The van der Waals surface area contributed by atoms with Crippen molar-refractivity contribution in [1.82, 2.24) is 9.77 Å². The predicted octanol–water partition coefficient (Wildman–Crippen LogP) is 2.42. The maximum atomic E-state index is 12.7. The molecule has 1 heterocycles. The summed E-state index contributed by atoms with van der Waals surface area (Å²) in [7, 11) is 0. The summed E-state index contributed by atoms with van der Waals surface area (Å²) < 4.78 is 12.7. The van der Waals surface area contributed by atoms with Crippen LogP contribution in [0.2, 0.25) is 5.02 Å². The second-order valence-corrected chi connectivity index (χ2v) is 2.63. The molecule has 0 saturated heterocycles. The number of benzene rings is 1. The standard InChI is InChI=1S/C7H4ClFN2/c8-5-1-2-7-6(3-5)10-4-11(7)9/h1-4H. The molecule has 2 aromatic rings. The highest BCUT2D eigenvalue weighted by molar-refractivity contribution is 6.31. The average molecular weight is 171 g/mol. The SMILES string of the molecule is Fn1cnc2cc(Cl)ccc21. The van der Waals surface area contributed by atoms with Crippen LogP contribution in [0.1, 0.15) is 0 Å². The van der Waals surface area contributed by atoms with Crippen LogP contribution in [0.15, 0.2) is 24.5 Å². The van der Waals surface area contributed by atoms with Gasteiger partial charge in [-0.3, -0.25) is 0 Å². The van der Waals surface area contributed by atoms with Gasteiger partial charge in [0.1, 0.15) is 11.8 Å². The molecule has 11 heavy (non-hydrogen) atoms. The Kier molecular flexibility index (Phi) is 1.32. The number of imidazole rings is 1. The average Bonchev–Trinajstić information content (AvgIpc) is 2.32. The van der Waals surface area contributed by atoms with Crippen LogP contribution in [0.25, 0.3) is 11.0 Å². The molecule has 1 aromatic carbocycles. The molecule has 4 heteroatoms. The summed E-state index contributed by atoms with van der Waals surface area (Å²) in [5, 5.41) is 0.566. The van der Waals surface area contributed by atoms with E-state index in [0.717, 1.165) is 6.33 Å². The summed E-state index contributed by atoms with van der Waals surface area (Å²) in [6.45, 7) is 0. The van der Waals surface area contributed by atoms with Gasteiger partial charge < -0.3 is 0 Å². The Bertz CT molecular complexity index is 396. The molecule has 0 saturated carbocycles. The maximum Gasteiger partial charge on any atom is 0.127 e. The first-order valence-corrected chi connectivity index (χ1v) is 3.44. The van der Waals surface area contributed by atoms with Crippen molar-refractivity contribution in [2.45, 2.75) is 0 Å². The van der Waals surface area contributed by atoms with E-state index in [1.54, 1.807) is 18.2 Å². The summed E-state index contributed by atoms with van der Waals surface area (Å²) in [5.41, 5.74) is 1.01. The van der Waals surface area contributed by atoms with Gasteiger partial charge >= 0.3 is 0 Å². The molecule has 0 radical (unpaired) electrons. The van der Waals surface area contributed by atoms with E-state index < -0.39 is 0 Å². The van der Waals surface area contributed by atoms with Crippen LogP contribution in [0, 0.1) is 0 Å². The van der Waals surface area contributed by atoms with E-state index in [9.17, 15) is 4.48 Å². The lowest BCUT2D eigenvalue weighted by molar-refractivity contribution is 0.384. The third-order valence-corrected chi connectivity index (χ3v) is 1.70. The van der Waals surface area contributed by atoms with E-state index >= 15 is 0 Å². The topological polar surface area (TPSA) is 17.8 Å². The van der Waals surface area contributed by atoms with Crippen molar-refractivity contribution in [3.8, 4) is 0 Å². The molecular formula is C7H4ClFN2. The number of nitrogens with zero attached hydrogens (tertiary/aromatic N) is 2. The minimum atomic E-state index is 0.439. The monoisotopic (exact) mass is 170 g/mol. The third kappa shape index (κ3) is 0.973. The van der Waals surface area contributed by atoms with E-state index in [1.807, 2.05) is 0 Å². The lowest BCUT2D eigenvalue weighted by Crippen LogP contribution is -1.75. The van der Waals surface area contributed by atoms with Crippen molar-refractivity contribution in [1.29, 1.82) is 0 Å². The van der Waals surface area contributed by atoms with Gasteiger partial charge in [-0.25, -0.2) is 4.98 Å². The van der Waals surface area contributed by atoms with E-state index in [1.165, 1.54) is 0 Å². The summed E-state index contributed by atoms with van der Waals surface area (Å²) in [6, 6.07) is 4.83. The molecule has 1 aromatic heterocycles. The summed E-state index contributed by atoms with van der Waals surface area (Å²) in [5.74, 6) is 0. The lowest BCUT2D eigenvalue weighted by Gasteiger charge is -1.89. The molecule has 0 fully saturated rings. The maximum absolute atomic E-state index is 12.7. The van der Waals surface area contributed by atoms with E-state index in [0.29, 0.717) is 20.8 Å². The van der Waals surface area contributed by atoms with Gasteiger partial charge in [0, 0.05) is 5.02 Å². The zero-order valence-electron chi connectivity index (χ0n) is 5.46. The number of fused-ring (bicyclic) bond motifs is 1. The zero-order chi connectivity index (χ0) is 7.84. The van der Waals surface area contributed by atoms with Crippen LogP contribution in [0.3, 0.4) is 0 Å². The molecule has 2 rings (SSSR count). The number of hydrogen-bond acceptors (Lipinski definition) is 1. The quantitative estimate of drug-likeness (QED) is 0.594. The van der Waals surface area contributed by atoms with Gasteiger partial charge in [-0.2, -0.15) is 4.79 Å². The van der Waals surface area contributed by atoms with Crippen molar-refractivity contribution in [2.24, 2.45) is 0 Å². The Balaban J connectivity index is 2.86. The molecule has 0 bridgehead atoms. The van der Waals surface area contributed by atoms with Gasteiger partial charge in [0.05, 0.1) is 5.52 Å². The fourth-order valence-corrected chi connectivity index (χ4v) is 1.12.